The normalized spacial score (nSPS) is 35.2. The second-order valence-electron chi connectivity index (χ2n) is 6.09. The average molecular weight is 241 g/mol. The van der Waals surface area contributed by atoms with Gasteiger partial charge in [-0.05, 0) is 55.6 Å². The van der Waals surface area contributed by atoms with E-state index < -0.39 is 0 Å². The molecule has 2 fully saturated rings. The Bertz CT molecular complexity index is 193. The Morgan fingerprint density at radius 1 is 1.06 bits per heavy atom. The molecule has 0 radical (unpaired) electrons. The molecule has 2 heteroatoms. The highest BCUT2D eigenvalue weighted by molar-refractivity contribution is 7.99. The fourth-order valence-corrected chi connectivity index (χ4v) is 4.08. The summed E-state index contributed by atoms with van der Waals surface area (Å²) in [5, 5.41) is 3.76. The van der Waals surface area contributed by atoms with Crippen LogP contribution in [0.2, 0.25) is 0 Å². The van der Waals surface area contributed by atoms with Crippen molar-refractivity contribution in [3.05, 3.63) is 0 Å². The first-order chi connectivity index (χ1) is 7.74. The first-order valence-corrected chi connectivity index (χ1v) is 8.20. The van der Waals surface area contributed by atoms with E-state index in [0.29, 0.717) is 0 Å². The van der Waals surface area contributed by atoms with E-state index in [1.54, 1.807) is 0 Å². The molecule has 16 heavy (non-hydrogen) atoms. The van der Waals surface area contributed by atoms with Crippen molar-refractivity contribution in [2.45, 2.75) is 52.0 Å². The molecule has 0 amide bonds. The molecule has 1 nitrogen and oxygen atoms in total. The van der Waals surface area contributed by atoms with Crippen molar-refractivity contribution in [3.8, 4) is 0 Å². The number of hydrogen-bond donors (Lipinski definition) is 1. The maximum Gasteiger partial charge on any atom is 0.00724 e. The Morgan fingerprint density at radius 3 is 2.38 bits per heavy atom. The van der Waals surface area contributed by atoms with E-state index in [2.05, 4.69) is 30.9 Å². The summed E-state index contributed by atoms with van der Waals surface area (Å²) in [6.45, 7) is 6.04. The third-order valence-corrected chi connectivity index (χ3v) is 5.11. The molecule has 2 aliphatic rings. The van der Waals surface area contributed by atoms with Gasteiger partial charge in [0, 0.05) is 18.3 Å². The van der Waals surface area contributed by atoms with E-state index in [1.165, 1.54) is 50.2 Å². The zero-order chi connectivity index (χ0) is 11.4. The smallest absolute Gasteiger partial charge is 0.00724 e. The largest absolute Gasteiger partial charge is 0.313 e. The Balaban J connectivity index is 1.50. The van der Waals surface area contributed by atoms with Gasteiger partial charge in [0.05, 0.1) is 0 Å². The van der Waals surface area contributed by atoms with E-state index in [-0.39, 0.29) is 0 Å². The lowest BCUT2D eigenvalue weighted by atomic mass is 9.80. The van der Waals surface area contributed by atoms with Crippen molar-refractivity contribution in [1.82, 2.24) is 5.32 Å². The fourth-order valence-electron chi connectivity index (χ4n) is 2.98. The molecule has 2 atom stereocenters. The fraction of sp³-hybridized carbons (Fsp3) is 1.00. The van der Waals surface area contributed by atoms with Crippen molar-refractivity contribution in [3.63, 3.8) is 0 Å². The van der Waals surface area contributed by atoms with Crippen molar-refractivity contribution in [2.75, 3.05) is 18.1 Å². The number of hydrogen-bond acceptors (Lipinski definition) is 2. The zero-order valence-electron chi connectivity index (χ0n) is 10.9. The highest BCUT2D eigenvalue weighted by Crippen LogP contribution is 2.32. The molecular weight excluding hydrogens is 214 g/mol. The molecule has 94 valence electrons. The Hall–Kier alpha value is 0.310. The van der Waals surface area contributed by atoms with Crippen molar-refractivity contribution in [1.29, 1.82) is 0 Å². The lowest BCUT2D eigenvalue weighted by Gasteiger charge is -2.32. The minimum Gasteiger partial charge on any atom is -0.313 e. The molecule has 0 aliphatic heterocycles. The molecule has 2 aliphatic carbocycles. The Kier molecular flexibility index (Phi) is 5.02. The van der Waals surface area contributed by atoms with Gasteiger partial charge < -0.3 is 5.32 Å². The van der Waals surface area contributed by atoms with Crippen LogP contribution in [-0.2, 0) is 0 Å². The Morgan fingerprint density at radius 2 is 1.75 bits per heavy atom. The molecule has 0 spiro atoms. The predicted molar refractivity (Wildman–Crippen MR) is 74.0 cm³/mol. The van der Waals surface area contributed by atoms with Crippen LogP contribution in [0, 0.1) is 17.8 Å². The molecule has 0 heterocycles. The van der Waals surface area contributed by atoms with E-state index in [9.17, 15) is 0 Å². The van der Waals surface area contributed by atoms with Gasteiger partial charge in [0.15, 0.2) is 0 Å². The maximum atomic E-state index is 3.76. The monoisotopic (exact) mass is 241 g/mol. The maximum absolute atomic E-state index is 3.76. The molecular formula is C14H27NS. The van der Waals surface area contributed by atoms with Crippen molar-refractivity contribution >= 4 is 11.8 Å². The lowest BCUT2D eigenvalue weighted by molar-refractivity contribution is 0.242. The first-order valence-electron chi connectivity index (χ1n) is 7.05. The van der Waals surface area contributed by atoms with Crippen LogP contribution in [0.5, 0.6) is 0 Å². The lowest BCUT2D eigenvalue weighted by Crippen LogP contribution is -2.37. The summed E-state index contributed by atoms with van der Waals surface area (Å²) in [6, 6.07) is 0.806. The minimum absolute atomic E-state index is 0.806. The SMILES string of the molecule is CC1CC(C)CC(NCCSCC2CC2)C1. The molecule has 0 saturated heterocycles. The molecule has 0 bridgehead atoms. The standard InChI is InChI=1S/C14H27NS/c1-11-7-12(2)9-14(8-11)15-5-6-16-10-13-3-4-13/h11-15H,3-10H2,1-2H3. The predicted octanol–water partition coefficient (Wildman–Crippen LogP) is 3.54. The topological polar surface area (TPSA) is 12.0 Å². The highest BCUT2D eigenvalue weighted by Gasteiger charge is 2.23. The summed E-state index contributed by atoms with van der Waals surface area (Å²) >= 11 is 2.15. The summed E-state index contributed by atoms with van der Waals surface area (Å²) in [5.74, 6) is 5.68. The summed E-state index contributed by atoms with van der Waals surface area (Å²) in [5.41, 5.74) is 0. The van der Waals surface area contributed by atoms with E-state index in [4.69, 9.17) is 0 Å². The third-order valence-electron chi connectivity index (χ3n) is 3.91. The summed E-state index contributed by atoms with van der Waals surface area (Å²) in [4.78, 5) is 0. The minimum atomic E-state index is 0.806. The Labute approximate surface area is 105 Å². The summed E-state index contributed by atoms with van der Waals surface area (Å²) in [6.07, 6.45) is 7.24. The van der Waals surface area contributed by atoms with Crippen LogP contribution >= 0.6 is 11.8 Å². The van der Waals surface area contributed by atoms with Gasteiger partial charge >= 0.3 is 0 Å². The van der Waals surface area contributed by atoms with Crippen molar-refractivity contribution < 1.29 is 0 Å². The molecule has 2 saturated carbocycles. The van der Waals surface area contributed by atoms with Gasteiger partial charge in [0.2, 0.25) is 0 Å². The average Bonchev–Trinajstić information content (AvgIpc) is 2.99. The quantitative estimate of drug-likeness (QED) is 0.714. The van der Waals surface area contributed by atoms with Gasteiger partial charge in [-0.2, -0.15) is 11.8 Å². The highest BCUT2D eigenvalue weighted by atomic mass is 32.2. The van der Waals surface area contributed by atoms with E-state index in [1.807, 2.05) is 0 Å². The van der Waals surface area contributed by atoms with Gasteiger partial charge in [-0.3, -0.25) is 0 Å². The van der Waals surface area contributed by atoms with Crippen LogP contribution in [0.1, 0.15) is 46.0 Å². The van der Waals surface area contributed by atoms with E-state index >= 15 is 0 Å². The van der Waals surface area contributed by atoms with Crippen LogP contribution < -0.4 is 5.32 Å². The molecule has 0 aromatic heterocycles. The molecule has 1 N–H and O–H groups in total. The number of nitrogens with one attached hydrogen (secondary N) is 1. The van der Waals surface area contributed by atoms with Crippen LogP contribution in [-0.4, -0.2) is 24.1 Å². The third kappa shape index (κ3) is 4.67. The van der Waals surface area contributed by atoms with Crippen LogP contribution in [0.25, 0.3) is 0 Å². The van der Waals surface area contributed by atoms with Gasteiger partial charge in [-0.1, -0.05) is 13.8 Å². The number of rotatable bonds is 6. The summed E-state index contributed by atoms with van der Waals surface area (Å²) in [7, 11) is 0. The van der Waals surface area contributed by atoms with Crippen LogP contribution in [0.4, 0.5) is 0 Å². The molecule has 0 aromatic rings. The first kappa shape index (κ1) is 12.8. The van der Waals surface area contributed by atoms with Crippen LogP contribution in [0.3, 0.4) is 0 Å². The van der Waals surface area contributed by atoms with Gasteiger partial charge in [0.25, 0.3) is 0 Å². The molecule has 2 rings (SSSR count). The summed E-state index contributed by atoms with van der Waals surface area (Å²) < 4.78 is 0. The van der Waals surface area contributed by atoms with Gasteiger partial charge in [0.1, 0.15) is 0 Å². The van der Waals surface area contributed by atoms with Crippen molar-refractivity contribution in [2.24, 2.45) is 17.8 Å². The van der Waals surface area contributed by atoms with Crippen LogP contribution in [0.15, 0.2) is 0 Å². The zero-order valence-corrected chi connectivity index (χ0v) is 11.7. The van der Waals surface area contributed by atoms with E-state index in [0.717, 1.165) is 23.8 Å². The number of thioether (sulfide) groups is 1. The second kappa shape index (κ2) is 6.30. The molecule has 0 aromatic carbocycles. The molecule has 2 unspecified atom stereocenters. The van der Waals surface area contributed by atoms with Gasteiger partial charge in [-0.25, -0.2) is 0 Å². The second-order valence-corrected chi connectivity index (χ2v) is 7.24. The van der Waals surface area contributed by atoms with Gasteiger partial charge in [-0.15, -0.1) is 0 Å².